The van der Waals surface area contributed by atoms with Gasteiger partial charge in [0.2, 0.25) is 0 Å². The van der Waals surface area contributed by atoms with Gasteiger partial charge >= 0.3 is 0 Å². The van der Waals surface area contributed by atoms with Gasteiger partial charge in [-0.25, -0.2) is 0 Å². The summed E-state index contributed by atoms with van der Waals surface area (Å²) in [6.07, 6.45) is 0. The fourth-order valence-electron chi connectivity index (χ4n) is 1.27. The first-order valence-corrected chi connectivity index (χ1v) is 4.05. The zero-order valence-corrected chi connectivity index (χ0v) is 7.58. The quantitative estimate of drug-likeness (QED) is 0.739. The lowest BCUT2D eigenvalue weighted by Gasteiger charge is -2.12. The maximum atomic E-state index is 5.88. The molecule has 2 nitrogen and oxygen atoms in total. The molecular formula is C10H15NO. The van der Waals surface area contributed by atoms with Gasteiger partial charge in [0.25, 0.3) is 0 Å². The van der Waals surface area contributed by atoms with Gasteiger partial charge in [-0.1, -0.05) is 24.3 Å². The highest BCUT2D eigenvalue weighted by molar-refractivity contribution is 5.28. The molecule has 0 aliphatic rings. The van der Waals surface area contributed by atoms with Crippen molar-refractivity contribution in [2.24, 2.45) is 5.73 Å². The zero-order chi connectivity index (χ0) is 8.97. The van der Waals surface area contributed by atoms with Crippen molar-refractivity contribution < 1.29 is 4.74 Å². The van der Waals surface area contributed by atoms with E-state index in [9.17, 15) is 0 Å². The van der Waals surface area contributed by atoms with Crippen molar-refractivity contribution in [3.8, 4) is 0 Å². The van der Waals surface area contributed by atoms with Crippen LogP contribution in [0.4, 0.5) is 0 Å². The van der Waals surface area contributed by atoms with Crippen LogP contribution in [0.1, 0.15) is 17.2 Å². The summed E-state index contributed by atoms with van der Waals surface area (Å²) < 4.78 is 4.99. The van der Waals surface area contributed by atoms with Gasteiger partial charge in [0.05, 0.1) is 12.6 Å². The van der Waals surface area contributed by atoms with Crippen LogP contribution in [0.3, 0.4) is 0 Å². The molecule has 0 saturated heterocycles. The van der Waals surface area contributed by atoms with E-state index in [1.54, 1.807) is 7.11 Å². The minimum atomic E-state index is -0.00352. The molecule has 0 saturated carbocycles. The monoisotopic (exact) mass is 165 g/mol. The predicted molar refractivity (Wildman–Crippen MR) is 50.0 cm³/mol. The summed E-state index contributed by atoms with van der Waals surface area (Å²) >= 11 is 0. The van der Waals surface area contributed by atoms with E-state index in [1.807, 2.05) is 18.2 Å². The number of hydrogen-bond acceptors (Lipinski definition) is 2. The molecule has 2 heteroatoms. The topological polar surface area (TPSA) is 35.2 Å². The Morgan fingerprint density at radius 3 is 2.67 bits per heavy atom. The van der Waals surface area contributed by atoms with E-state index in [2.05, 4.69) is 13.0 Å². The van der Waals surface area contributed by atoms with Crippen LogP contribution in [0.15, 0.2) is 24.3 Å². The fourth-order valence-corrected chi connectivity index (χ4v) is 1.27. The van der Waals surface area contributed by atoms with Crippen molar-refractivity contribution in [3.63, 3.8) is 0 Å². The van der Waals surface area contributed by atoms with Gasteiger partial charge in [0.15, 0.2) is 0 Å². The van der Waals surface area contributed by atoms with Crippen LogP contribution in [-0.2, 0) is 4.74 Å². The maximum absolute atomic E-state index is 5.88. The summed E-state index contributed by atoms with van der Waals surface area (Å²) in [5.74, 6) is 0. The second kappa shape index (κ2) is 4.24. The third-order valence-electron chi connectivity index (χ3n) is 1.93. The number of benzene rings is 1. The van der Waals surface area contributed by atoms with Crippen LogP contribution in [0.5, 0.6) is 0 Å². The smallest absolute Gasteiger partial charge is 0.0655 e. The van der Waals surface area contributed by atoms with Gasteiger partial charge in [-0.2, -0.15) is 0 Å². The Morgan fingerprint density at radius 1 is 1.42 bits per heavy atom. The maximum Gasteiger partial charge on any atom is 0.0655 e. The molecule has 0 bridgehead atoms. The number of aryl methyl sites for hydroxylation is 1. The number of rotatable bonds is 3. The molecule has 1 aromatic rings. The van der Waals surface area contributed by atoms with E-state index in [0.717, 1.165) is 0 Å². The van der Waals surface area contributed by atoms with Crippen molar-refractivity contribution in [1.82, 2.24) is 0 Å². The van der Waals surface area contributed by atoms with E-state index in [-0.39, 0.29) is 6.04 Å². The molecule has 0 aromatic heterocycles. The Bertz CT molecular complexity index is 247. The number of ether oxygens (including phenoxy) is 1. The molecule has 0 aliphatic carbocycles. The lowest BCUT2D eigenvalue weighted by Crippen LogP contribution is -2.16. The fraction of sp³-hybridized carbons (Fsp3) is 0.400. The van der Waals surface area contributed by atoms with Crippen LogP contribution >= 0.6 is 0 Å². The molecule has 66 valence electrons. The Labute approximate surface area is 73.3 Å². The molecule has 0 radical (unpaired) electrons. The number of nitrogens with two attached hydrogens (primary N) is 1. The summed E-state index contributed by atoms with van der Waals surface area (Å²) in [4.78, 5) is 0. The van der Waals surface area contributed by atoms with E-state index in [0.29, 0.717) is 6.61 Å². The third kappa shape index (κ3) is 2.06. The van der Waals surface area contributed by atoms with Gasteiger partial charge in [-0.3, -0.25) is 0 Å². The molecule has 1 atom stereocenters. The minimum absolute atomic E-state index is 0.00352. The highest BCUT2D eigenvalue weighted by Crippen LogP contribution is 2.14. The van der Waals surface area contributed by atoms with Crippen molar-refractivity contribution in [2.75, 3.05) is 13.7 Å². The minimum Gasteiger partial charge on any atom is -0.383 e. The highest BCUT2D eigenvalue weighted by Gasteiger charge is 2.06. The van der Waals surface area contributed by atoms with Crippen molar-refractivity contribution in [1.29, 1.82) is 0 Å². The van der Waals surface area contributed by atoms with Crippen LogP contribution in [0.25, 0.3) is 0 Å². The van der Waals surface area contributed by atoms with Crippen LogP contribution < -0.4 is 5.73 Å². The summed E-state index contributed by atoms with van der Waals surface area (Å²) in [7, 11) is 1.66. The summed E-state index contributed by atoms with van der Waals surface area (Å²) in [6, 6.07) is 8.11. The molecule has 1 aromatic carbocycles. The highest BCUT2D eigenvalue weighted by atomic mass is 16.5. The Hall–Kier alpha value is -0.860. The van der Waals surface area contributed by atoms with Gasteiger partial charge in [-0.05, 0) is 18.1 Å². The number of methoxy groups -OCH3 is 1. The third-order valence-corrected chi connectivity index (χ3v) is 1.93. The van der Waals surface area contributed by atoms with E-state index in [1.165, 1.54) is 11.1 Å². The average molecular weight is 165 g/mol. The first-order valence-electron chi connectivity index (χ1n) is 4.05. The Kier molecular flexibility index (Phi) is 3.26. The van der Waals surface area contributed by atoms with Crippen molar-refractivity contribution in [3.05, 3.63) is 35.4 Å². The molecule has 1 rings (SSSR count). The summed E-state index contributed by atoms with van der Waals surface area (Å²) in [6.45, 7) is 2.63. The molecule has 2 N–H and O–H groups in total. The molecule has 0 spiro atoms. The summed E-state index contributed by atoms with van der Waals surface area (Å²) in [5.41, 5.74) is 8.27. The second-order valence-electron chi connectivity index (χ2n) is 2.92. The normalized spacial score (nSPS) is 12.9. The van der Waals surface area contributed by atoms with Gasteiger partial charge in [0, 0.05) is 7.11 Å². The average Bonchev–Trinajstić information content (AvgIpc) is 2.05. The van der Waals surface area contributed by atoms with E-state index < -0.39 is 0 Å². The molecular weight excluding hydrogens is 150 g/mol. The van der Waals surface area contributed by atoms with Crippen molar-refractivity contribution >= 4 is 0 Å². The number of hydrogen-bond donors (Lipinski definition) is 1. The second-order valence-corrected chi connectivity index (χ2v) is 2.92. The SMILES string of the molecule is COC[C@@H](N)c1ccccc1C. The Balaban J connectivity index is 2.79. The van der Waals surface area contributed by atoms with Gasteiger partial charge in [-0.15, -0.1) is 0 Å². The molecule has 0 heterocycles. The van der Waals surface area contributed by atoms with E-state index >= 15 is 0 Å². The predicted octanol–water partition coefficient (Wildman–Crippen LogP) is 1.64. The lowest BCUT2D eigenvalue weighted by molar-refractivity contribution is 0.180. The molecule has 0 aliphatic heterocycles. The van der Waals surface area contributed by atoms with Crippen molar-refractivity contribution in [2.45, 2.75) is 13.0 Å². The standard InChI is InChI=1S/C10H15NO/c1-8-5-3-4-6-9(8)10(11)7-12-2/h3-6,10H,7,11H2,1-2H3/t10-/m1/s1. The van der Waals surface area contributed by atoms with Gasteiger partial charge in [0.1, 0.15) is 0 Å². The van der Waals surface area contributed by atoms with Gasteiger partial charge < -0.3 is 10.5 Å². The first kappa shape index (κ1) is 9.23. The molecule has 0 amide bonds. The van der Waals surface area contributed by atoms with Crippen LogP contribution in [0.2, 0.25) is 0 Å². The van der Waals surface area contributed by atoms with Crippen LogP contribution in [0, 0.1) is 6.92 Å². The largest absolute Gasteiger partial charge is 0.383 e. The molecule has 0 fully saturated rings. The lowest BCUT2D eigenvalue weighted by atomic mass is 10.0. The molecule has 0 unspecified atom stereocenters. The Morgan fingerprint density at radius 2 is 2.08 bits per heavy atom. The zero-order valence-electron chi connectivity index (χ0n) is 7.58. The van der Waals surface area contributed by atoms with Crippen LogP contribution in [-0.4, -0.2) is 13.7 Å². The first-order chi connectivity index (χ1) is 5.75. The summed E-state index contributed by atoms with van der Waals surface area (Å²) in [5, 5.41) is 0. The molecule has 12 heavy (non-hydrogen) atoms. The van der Waals surface area contributed by atoms with E-state index in [4.69, 9.17) is 10.5 Å².